The number of aliphatic carboxylic acids is 1. The van der Waals surface area contributed by atoms with Crippen molar-refractivity contribution in [3.8, 4) is 28.5 Å². The minimum absolute atomic E-state index is 0.00645. The molecule has 2 N–H and O–H groups in total. The topological polar surface area (TPSA) is 122 Å². The molecule has 0 aliphatic heterocycles. The average Bonchev–Trinajstić information content (AvgIpc) is 3.55. The zero-order chi connectivity index (χ0) is 34.4. The number of nitrogens with zero attached hydrogens (tertiary/aromatic N) is 2. The van der Waals surface area contributed by atoms with Crippen molar-refractivity contribution < 1.29 is 41.8 Å². The number of rotatable bonds is 11. The molecule has 2 amide bonds. The number of benzene rings is 4. The normalized spacial score (nSPS) is 11.2. The van der Waals surface area contributed by atoms with Gasteiger partial charge in [-0.2, -0.15) is 13.2 Å². The van der Waals surface area contributed by atoms with E-state index in [2.05, 4.69) is 10.3 Å². The summed E-state index contributed by atoms with van der Waals surface area (Å²) in [6.45, 7) is 1.42. The van der Waals surface area contributed by atoms with Crippen molar-refractivity contribution in [3.63, 3.8) is 0 Å². The van der Waals surface area contributed by atoms with Crippen LogP contribution in [0.2, 0.25) is 0 Å². The molecule has 5 rings (SSSR count). The van der Waals surface area contributed by atoms with Crippen LogP contribution in [0.4, 0.5) is 18.9 Å². The van der Waals surface area contributed by atoms with Crippen LogP contribution < -0.4 is 10.1 Å². The Bertz CT molecular complexity index is 1920. The SMILES string of the molecule is COc1ccc(CC(=O)Nc2ccc(C(=O)N(CC(=O)O)Cc3ccc(-c4nc(-c5ccc(C)cc5)co4)cc3)cc2)c(C(F)(F)F)c1. The third-order valence-corrected chi connectivity index (χ3v) is 7.43. The van der Waals surface area contributed by atoms with Crippen molar-refractivity contribution in [1.29, 1.82) is 0 Å². The molecule has 5 aromatic rings. The quantitative estimate of drug-likeness (QED) is 0.153. The number of amides is 2. The molecule has 0 aliphatic rings. The highest BCUT2D eigenvalue weighted by Crippen LogP contribution is 2.35. The number of oxazole rings is 1. The summed E-state index contributed by atoms with van der Waals surface area (Å²) in [5, 5.41) is 12.0. The number of aryl methyl sites for hydroxylation is 1. The van der Waals surface area contributed by atoms with Crippen molar-refractivity contribution in [3.05, 3.63) is 125 Å². The zero-order valence-corrected chi connectivity index (χ0v) is 25.9. The van der Waals surface area contributed by atoms with Gasteiger partial charge in [-0.15, -0.1) is 0 Å². The number of carbonyl (C=O) groups excluding carboxylic acids is 2. The van der Waals surface area contributed by atoms with Gasteiger partial charge in [0.15, 0.2) is 0 Å². The number of carboxylic acids is 1. The van der Waals surface area contributed by atoms with E-state index in [1.807, 2.05) is 31.2 Å². The Morgan fingerprint density at radius 3 is 2.21 bits per heavy atom. The van der Waals surface area contributed by atoms with E-state index >= 15 is 0 Å². The van der Waals surface area contributed by atoms with Crippen LogP contribution in [0, 0.1) is 6.92 Å². The van der Waals surface area contributed by atoms with Gasteiger partial charge in [-0.05, 0) is 66.6 Å². The second kappa shape index (κ2) is 14.2. The third-order valence-electron chi connectivity index (χ3n) is 7.43. The highest BCUT2D eigenvalue weighted by Gasteiger charge is 2.34. The van der Waals surface area contributed by atoms with Crippen molar-refractivity contribution in [2.75, 3.05) is 19.0 Å². The second-order valence-corrected chi connectivity index (χ2v) is 11.0. The fraction of sp³-hybridized carbons (Fsp3) is 0.167. The van der Waals surface area contributed by atoms with Crippen LogP contribution in [0.15, 0.2) is 102 Å². The number of anilines is 1. The predicted molar refractivity (Wildman–Crippen MR) is 171 cm³/mol. The highest BCUT2D eigenvalue weighted by molar-refractivity contribution is 5.97. The summed E-state index contributed by atoms with van der Waals surface area (Å²) in [7, 11) is 1.25. The van der Waals surface area contributed by atoms with Crippen LogP contribution >= 0.6 is 0 Å². The van der Waals surface area contributed by atoms with E-state index in [0.29, 0.717) is 22.7 Å². The minimum atomic E-state index is -4.68. The molecule has 0 fully saturated rings. The van der Waals surface area contributed by atoms with Gasteiger partial charge >= 0.3 is 12.1 Å². The molecule has 48 heavy (non-hydrogen) atoms. The molecule has 12 heteroatoms. The number of ether oxygens (including phenoxy) is 1. The second-order valence-electron chi connectivity index (χ2n) is 11.0. The third kappa shape index (κ3) is 8.27. The Hall–Kier alpha value is -5.91. The Morgan fingerprint density at radius 1 is 0.917 bits per heavy atom. The predicted octanol–water partition coefficient (Wildman–Crippen LogP) is 7.25. The van der Waals surface area contributed by atoms with E-state index < -0.39 is 42.5 Å². The lowest BCUT2D eigenvalue weighted by Gasteiger charge is -2.21. The largest absolute Gasteiger partial charge is 0.497 e. The maximum absolute atomic E-state index is 13.5. The first-order valence-electron chi connectivity index (χ1n) is 14.7. The Balaban J connectivity index is 1.24. The van der Waals surface area contributed by atoms with Crippen LogP contribution in [0.25, 0.3) is 22.7 Å². The number of carbonyl (C=O) groups is 3. The number of carboxylic acid groups (broad SMARTS) is 1. The number of hydrogen-bond donors (Lipinski definition) is 2. The molecule has 0 saturated carbocycles. The molecular formula is C36H30F3N3O6. The molecule has 246 valence electrons. The molecule has 0 saturated heterocycles. The van der Waals surface area contributed by atoms with Gasteiger partial charge in [-0.3, -0.25) is 14.4 Å². The fourth-order valence-electron chi connectivity index (χ4n) is 4.96. The number of nitrogens with one attached hydrogen (secondary N) is 1. The van der Waals surface area contributed by atoms with E-state index in [-0.39, 0.29) is 29.1 Å². The van der Waals surface area contributed by atoms with E-state index in [1.54, 1.807) is 30.5 Å². The van der Waals surface area contributed by atoms with Crippen molar-refractivity contribution in [1.82, 2.24) is 9.88 Å². The van der Waals surface area contributed by atoms with Gasteiger partial charge in [0.05, 0.1) is 19.1 Å². The van der Waals surface area contributed by atoms with Crippen LogP contribution in [-0.2, 0) is 28.7 Å². The van der Waals surface area contributed by atoms with Gasteiger partial charge in [0.25, 0.3) is 5.91 Å². The first-order valence-corrected chi connectivity index (χ1v) is 14.7. The smallest absolute Gasteiger partial charge is 0.416 e. The molecule has 0 bridgehead atoms. The zero-order valence-electron chi connectivity index (χ0n) is 25.9. The Labute approximate surface area is 273 Å². The number of methoxy groups -OCH3 is 1. The first kappa shape index (κ1) is 33.5. The Kier molecular flexibility index (Phi) is 9.93. The molecule has 0 aliphatic carbocycles. The lowest BCUT2D eigenvalue weighted by molar-refractivity contribution is -0.139. The number of alkyl halides is 3. The lowest BCUT2D eigenvalue weighted by atomic mass is 10.0. The van der Waals surface area contributed by atoms with E-state index in [1.165, 1.54) is 43.5 Å². The number of halogens is 3. The monoisotopic (exact) mass is 657 g/mol. The van der Waals surface area contributed by atoms with Gasteiger partial charge in [0, 0.05) is 28.9 Å². The van der Waals surface area contributed by atoms with Crippen LogP contribution in [0.3, 0.4) is 0 Å². The molecule has 4 aromatic carbocycles. The van der Waals surface area contributed by atoms with Crippen LogP contribution in [0.1, 0.15) is 32.6 Å². The van der Waals surface area contributed by atoms with Gasteiger partial charge in [0.2, 0.25) is 11.8 Å². The summed E-state index contributed by atoms with van der Waals surface area (Å²) in [4.78, 5) is 43.3. The summed E-state index contributed by atoms with van der Waals surface area (Å²) in [6.07, 6.45) is -3.66. The standard InChI is InChI=1S/C36H30F3N3O6/c1-22-3-7-24(8-4-22)31-21-48-34(41-31)25-9-5-23(6-10-25)19-42(20-33(44)45)35(46)26-11-14-28(15-12-26)40-32(43)17-27-13-16-29(47-2)18-30(27)36(37,38)39/h3-16,18,21H,17,19-20H2,1-2H3,(H,40,43)(H,44,45). The maximum Gasteiger partial charge on any atom is 0.416 e. The fourth-order valence-corrected chi connectivity index (χ4v) is 4.96. The first-order chi connectivity index (χ1) is 22.9. The van der Waals surface area contributed by atoms with E-state index in [0.717, 1.165) is 22.1 Å². The molecule has 0 radical (unpaired) electrons. The number of hydrogen-bond acceptors (Lipinski definition) is 6. The van der Waals surface area contributed by atoms with E-state index in [9.17, 15) is 32.7 Å². The van der Waals surface area contributed by atoms with E-state index in [4.69, 9.17) is 9.15 Å². The summed E-state index contributed by atoms with van der Waals surface area (Å²) in [5.74, 6) is -2.05. The minimum Gasteiger partial charge on any atom is -0.497 e. The van der Waals surface area contributed by atoms with Gasteiger partial charge in [-0.1, -0.05) is 48.0 Å². The molecule has 0 atom stereocenters. The molecule has 0 spiro atoms. The summed E-state index contributed by atoms with van der Waals surface area (Å²) < 4.78 is 51.1. The molecule has 0 unspecified atom stereocenters. The molecule has 1 heterocycles. The van der Waals surface area contributed by atoms with Crippen molar-refractivity contribution in [2.45, 2.75) is 26.1 Å². The summed E-state index contributed by atoms with van der Waals surface area (Å²) in [5.41, 5.74) is 3.30. The highest BCUT2D eigenvalue weighted by atomic mass is 19.4. The molecule has 9 nitrogen and oxygen atoms in total. The van der Waals surface area contributed by atoms with Crippen molar-refractivity contribution in [2.24, 2.45) is 0 Å². The summed E-state index contributed by atoms with van der Waals surface area (Å²) >= 11 is 0. The van der Waals surface area contributed by atoms with Crippen molar-refractivity contribution >= 4 is 23.5 Å². The average molecular weight is 658 g/mol. The summed E-state index contributed by atoms with van der Waals surface area (Å²) in [6, 6.07) is 23.9. The number of aromatic nitrogens is 1. The van der Waals surface area contributed by atoms with Gasteiger partial charge < -0.3 is 24.5 Å². The maximum atomic E-state index is 13.5. The van der Waals surface area contributed by atoms with Crippen LogP contribution in [0.5, 0.6) is 5.75 Å². The van der Waals surface area contributed by atoms with Crippen LogP contribution in [-0.4, -0.2) is 46.4 Å². The van der Waals surface area contributed by atoms with Gasteiger partial charge in [-0.25, -0.2) is 4.98 Å². The Morgan fingerprint density at radius 2 is 1.58 bits per heavy atom. The lowest BCUT2D eigenvalue weighted by Crippen LogP contribution is -2.35. The molecule has 1 aromatic heterocycles. The molecular weight excluding hydrogens is 627 g/mol. The van der Waals surface area contributed by atoms with Gasteiger partial charge in [0.1, 0.15) is 24.3 Å².